The summed E-state index contributed by atoms with van der Waals surface area (Å²) in [7, 11) is 0. The Balaban J connectivity index is 1.63. The minimum Gasteiger partial charge on any atom is -0.478 e. The van der Waals surface area contributed by atoms with Crippen LogP contribution in [0.25, 0.3) is 10.8 Å². The Morgan fingerprint density at radius 1 is 0.957 bits per heavy atom. The first-order valence-corrected chi connectivity index (χ1v) is 8.89. The third-order valence-electron chi connectivity index (χ3n) is 6.76. The van der Waals surface area contributed by atoms with E-state index in [1.54, 1.807) is 6.07 Å². The molecule has 0 spiro atoms. The number of hydrogen-bond acceptors (Lipinski definition) is 1. The van der Waals surface area contributed by atoms with Gasteiger partial charge in [-0.05, 0) is 84.1 Å². The van der Waals surface area contributed by atoms with Crippen LogP contribution in [0.2, 0.25) is 0 Å². The van der Waals surface area contributed by atoms with Crippen molar-refractivity contribution in [1.29, 1.82) is 0 Å². The van der Waals surface area contributed by atoms with Crippen molar-refractivity contribution in [3.8, 4) is 0 Å². The number of aromatic carboxylic acids is 1. The smallest absolute Gasteiger partial charge is 0.336 e. The minimum absolute atomic E-state index is 0.377. The molecule has 2 nitrogen and oxygen atoms in total. The number of fused-ring (bicyclic) bond motifs is 1. The van der Waals surface area contributed by atoms with E-state index in [0.29, 0.717) is 11.0 Å². The fraction of sp³-hybridized carbons (Fsp3) is 0.476. The molecule has 2 heteroatoms. The molecule has 0 saturated heterocycles. The van der Waals surface area contributed by atoms with E-state index in [-0.39, 0.29) is 0 Å². The quantitative estimate of drug-likeness (QED) is 0.847. The van der Waals surface area contributed by atoms with E-state index in [1.807, 2.05) is 12.1 Å². The van der Waals surface area contributed by atoms with Crippen molar-refractivity contribution >= 4 is 16.7 Å². The van der Waals surface area contributed by atoms with Crippen molar-refractivity contribution in [2.45, 2.75) is 43.9 Å². The van der Waals surface area contributed by atoms with E-state index in [4.69, 9.17) is 0 Å². The third kappa shape index (κ3) is 1.97. The molecule has 0 aliphatic heterocycles. The molecular weight excluding hydrogens is 284 g/mol. The van der Waals surface area contributed by atoms with Crippen LogP contribution in [0.1, 0.15) is 54.4 Å². The summed E-state index contributed by atoms with van der Waals surface area (Å²) in [6.45, 7) is 0. The minimum atomic E-state index is -0.835. The summed E-state index contributed by atoms with van der Waals surface area (Å²) in [5.41, 5.74) is 2.26. The lowest BCUT2D eigenvalue weighted by Gasteiger charge is -2.57. The van der Waals surface area contributed by atoms with Gasteiger partial charge in [-0.2, -0.15) is 0 Å². The van der Waals surface area contributed by atoms with Crippen LogP contribution in [-0.4, -0.2) is 11.1 Å². The lowest BCUT2D eigenvalue weighted by Crippen LogP contribution is -2.48. The summed E-state index contributed by atoms with van der Waals surface area (Å²) in [5, 5.41) is 11.3. The van der Waals surface area contributed by atoms with Crippen LogP contribution in [0.3, 0.4) is 0 Å². The second-order valence-corrected chi connectivity index (χ2v) is 8.24. The average Bonchev–Trinajstić information content (AvgIpc) is 2.52. The van der Waals surface area contributed by atoms with Crippen molar-refractivity contribution in [2.75, 3.05) is 0 Å². The van der Waals surface area contributed by atoms with Gasteiger partial charge in [-0.1, -0.05) is 30.3 Å². The molecule has 2 aromatic carbocycles. The molecular formula is C21H22O2. The van der Waals surface area contributed by atoms with Gasteiger partial charge in [0.25, 0.3) is 0 Å². The molecule has 1 N–H and O–H groups in total. The van der Waals surface area contributed by atoms with E-state index >= 15 is 0 Å². The molecule has 118 valence electrons. The number of carbonyl (C=O) groups is 1. The molecule has 0 amide bonds. The highest BCUT2D eigenvalue weighted by molar-refractivity contribution is 6.03. The fourth-order valence-corrected chi connectivity index (χ4v) is 6.26. The Hall–Kier alpha value is -1.83. The first-order chi connectivity index (χ1) is 11.1. The Morgan fingerprint density at radius 2 is 1.61 bits per heavy atom. The summed E-state index contributed by atoms with van der Waals surface area (Å²) in [6.07, 6.45) is 8.41. The molecule has 4 aliphatic carbocycles. The van der Waals surface area contributed by atoms with Crippen LogP contribution in [0.15, 0.2) is 36.4 Å². The van der Waals surface area contributed by atoms with Gasteiger partial charge in [-0.15, -0.1) is 0 Å². The summed E-state index contributed by atoms with van der Waals surface area (Å²) in [5.74, 6) is 1.96. The van der Waals surface area contributed by atoms with Gasteiger partial charge >= 0.3 is 5.97 Å². The van der Waals surface area contributed by atoms with Crippen molar-refractivity contribution in [3.05, 3.63) is 47.5 Å². The zero-order valence-corrected chi connectivity index (χ0v) is 13.3. The lowest BCUT2D eigenvalue weighted by atomic mass is 9.48. The second-order valence-electron chi connectivity index (χ2n) is 8.24. The topological polar surface area (TPSA) is 37.3 Å². The third-order valence-corrected chi connectivity index (χ3v) is 6.76. The summed E-state index contributed by atoms with van der Waals surface area (Å²) in [6, 6.07) is 12.2. The maximum Gasteiger partial charge on any atom is 0.336 e. The van der Waals surface area contributed by atoms with E-state index in [0.717, 1.165) is 28.5 Å². The largest absolute Gasteiger partial charge is 0.478 e. The van der Waals surface area contributed by atoms with Crippen LogP contribution < -0.4 is 0 Å². The monoisotopic (exact) mass is 306 g/mol. The molecule has 23 heavy (non-hydrogen) atoms. The molecule has 0 unspecified atom stereocenters. The van der Waals surface area contributed by atoms with Gasteiger partial charge in [-0.3, -0.25) is 0 Å². The molecule has 4 bridgehead atoms. The van der Waals surface area contributed by atoms with Crippen LogP contribution in [0.4, 0.5) is 0 Å². The summed E-state index contributed by atoms with van der Waals surface area (Å²) in [4.78, 5) is 11.4. The molecule has 4 aliphatic rings. The highest BCUT2D eigenvalue weighted by Gasteiger charge is 2.51. The summed E-state index contributed by atoms with van der Waals surface area (Å²) < 4.78 is 0. The predicted octanol–water partition coefficient (Wildman–Crippen LogP) is 5.01. The van der Waals surface area contributed by atoms with Crippen LogP contribution in [-0.2, 0) is 5.41 Å². The number of hydrogen-bond donors (Lipinski definition) is 1. The maximum absolute atomic E-state index is 11.4. The van der Waals surface area contributed by atoms with Gasteiger partial charge in [-0.25, -0.2) is 4.79 Å². The van der Waals surface area contributed by atoms with Gasteiger partial charge in [0.05, 0.1) is 5.56 Å². The van der Waals surface area contributed by atoms with E-state index < -0.39 is 5.97 Å². The van der Waals surface area contributed by atoms with Crippen LogP contribution in [0.5, 0.6) is 0 Å². The Bertz CT molecular complexity index is 769. The number of carboxylic acid groups (broad SMARTS) is 1. The van der Waals surface area contributed by atoms with Crippen molar-refractivity contribution in [2.24, 2.45) is 17.8 Å². The zero-order valence-electron chi connectivity index (χ0n) is 13.3. The van der Waals surface area contributed by atoms with Crippen LogP contribution in [0, 0.1) is 17.8 Å². The van der Waals surface area contributed by atoms with Crippen molar-refractivity contribution in [3.63, 3.8) is 0 Å². The van der Waals surface area contributed by atoms with Gasteiger partial charge < -0.3 is 5.11 Å². The van der Waals surface area contributed by atoms with Gasteiger partial charge in [0.1, 0.15) is 0 Å². The summed E-state index contributed by atoms with van der Waals surface area (Å²) >= 11 is 0. The van der Waals surface area contributed by atoms with Crippen LogP contribution >= 0.6 is 0 Å². The standard InChI is InChI=1S/C21H22O2/c22-20(23)19-3-1-2-16-9-17(4-5-18(16)19)21-10-13-6-14(11-21)8-15(7-13)12-21/h1-5,9,13-15H,6-8,10-12H2,(H,22,23). The molecule has 0 heterocycles. The molecule has 6 rings (SSSR count). The SMILES string of the molecule is O=C(O)c1cccc2cc(C34CC5CC(CC(C5)C3)C4)ccc12. The normalized spacial score (nSPS) is 34.9. The van der Waals surface area contributed by atoms with Gasteiger partial charge in [0.15, 0.2) is 0 Å². The van der Waals surface area contributed by atoms with Crippen molar-refractivity contribution in [1.82, 2.24) is 0 Å². The van der Waals surface area contributed by atoms with E-state index in [1.165, 1.54) is 44.1 Å². The Kier molecular flexibility index (Phi) is 2.72. The highest BCUT2D eigenvalue weighted by Crippen LogP contribution is 2.60. The number of carboxylic acids is 1. The Morgan fingerprint density at radius 3 is 2.22 bits per heavy atom. The molecule has 0 aromatic heterocycles. The lowest BCUT2D eigenvalue weighted by molar-refractivity contribution is -0.00512. The van der Waals surface area contributed by atoms with E-state index in [9.17, 15) is 9.90 Å². The first-order valence-electron chi connectivity index (χ1n) is 8.89. The fourth-order valence-electron chi connectivity index (χ4n) is 6.26. The first kappa shape index (κ1) is 13.6. The average molecular weight is 306 g/mol. The van der Waals surface area contributed by atoms with E-state index in [2.05, 4.69) is 18.2 Å². The molecule has 0 atom stereocenters. The zero-order chi connectivity index (χ0) is 15.6. The maximum atomic E-state index is 11.4. The highest BCUT2D eigenvalue weighted by atomic mass is 16.4. The van der Waals surface area contributed by atoms with Crippen molar-refractivity contribution < 1.29 is 9.90 Å². The van der Waals surface area contributed by atoms with Gasteiger partial charge in [0, 0.05) is 0 Å². The van der Waals surface area contributed by atoms with Gasteiger partial charge in [0.2, 0.25) is 0 Å². The molecule has 0 radical (unpaired) electrons. The molecule has 4 fully saturated rings. The predicted molar refractivity (Wildman–Crippen MR) is 90.8 cm³/mol. The Labute approximate surface area is 136 Å². The number of benzene rings is 2. The second kappa shape index (κ2) is 4.59. The number of rotatable bonds is 2. The molecule has 4 saturated carbocycles. The molecule has 2 aromatic rings.